The second-order valence-corrected chi connectivity index (χ2v) is 5.25. The topological polar surface area (TPSA) is 70.3 Å². The van der Waals surface area contributed by atoms with Crippen molar-refractivity contribution in [2.75, 3.05) is 12.8 Å². The number of anilines is 1. The maximum absolute atomic E-state index is 5.88. The van der Waals surface area contributed by atoms with E-state index in [9.17, 15) is 0 Å². The Labute approximate surface area is 129 Å². The minimum Gasteiger partial charge on any atom is -0.495 e. The number of hydrogen-bond donors (Lipinski definition) is 1. The summed E-state index contributed by atoms with van der Waals surface area (Å²) in [5, 5.41) is 0. The summed E-state index contributed by atoms with van der Waals surface area (Å²) in [5.41, 5.74) is 7.84. The highest BCUT2D eigenvalue weighted by atomic mass is 79.9. The second-order valence-electron chi connectivity index (χ2n) is 4.34. The fourth-order valence-electron chi connectivity index (χ4n) is 1.97. The molecular formula is C15H12BrN3O2. The molecule has 3 aromatic rings. The maximum Gasteiger partial charge on any atom is 0.156 e. The van der Waals surface area contributed by atoms with Crippen molar-refractivity contribution in [3.63, 3.8) is 0 Å². The number of methoxy groups -OCH3 is 1. The standard InChI is InChI=1S/C15H12BrN3O2/c1-20-13-3-2-10(7-11(13)17)21-14-4-5-18-12-6-9(16)8-19-15(12)14/h2-8H,17H2,1H3. The van der Waals surface area contributed by atoms with E-state index in [4.69, 9.17) is 15.2 Å². The zero-order chi connectivity index (χ0) is 14.8. The molecule has 0 aliphatic carbocycles. The number of rotatable bonds is 3. The number of benzene rings is 1. The quantitative estimate of drug-likeness (QED) is 0.731. The molecule has 0 atom stereocenters. The first-order valence-corrected chi connectivity index (χ1v) is 6.98. The number of hydrogen-bond acceptors (Lipinski definition) is 5. The molecule has 106 valence electrons. The van der Waals surface area contributed by atoms with Crippen molar-refractivity contribution in [1.29, 1.82) is 0 Å². The van der Waals surface area contributed by atoms with Crippen molar-refractivity contribution < 1.29 is 9.47 Å². The summed E-state index contributed by atoms with van der Waals surface area (Å²) in [5.74, 6) is 1.85. The molecule has 2 heterocycles. The van der Waals surface area contributed by atoms with Crippen molar-refractivity contribution in [2.45, 2.75) is 0 Å². The van der Waals surface area contributed by atoms with E-state index in [2.05, 4.69) is 25.9 Å². The zero-order valence-corrected chi connectivity index (χ0v) is 12.8. The molecule has 0 unspecified atom stereocenters. The number of nitrogen functional groups attached to an aromatic ring is 1. The van der Waals surface area contributed by atoms with Gasteiger partial charge in [-0.2, -0.15) is 0 Å². The highest BCUT2D eigenvalue weighted by molar-refractivity contribution is 9.10. The largest absolute Gasteiger partial charge is 0.495 e. The van der Waals surface area contributed by atoms with Crippen molar-refractivity contribution in [2.24, 2.45) is 0 Å². The van der Waals surface area contributed by atoms with Gasteiger partial charge in [-0.3, -0.25) is 4.98 Å². The first kappa shape index (κ1) is 13.6. The van der Waals surface area contributed by atoms with Crippen LogP contribution in [0, 0.1) is 0 Å². The number of nitrogens with two attached hydrogens (primary N) is 1. The fraction of sp³-hybridized carbons (Fsp3) is 0.0667. The van der Waals surface area contributed by atoms with E-state index >= 15 is 0 Å². The van der Waals surface area contributed by atoms with Gasteiger partial charge in [0.1, 0.15) is 17.0 Å². The third-order valence-electron chi connectivity index (χ3n) is 2.94. The summed E-state index contributed by atoms with van der Waals surface area (Å²) in [6.45, 7) is 0. The van der Waals surface area contributed by atoms with Gasteiger partial charge in [-0.25, -0.2) is 4.98 Å². The summed E-state index contributed by atoms with van der Waals surface area (Å²) in [6, 6.07) is 8.92. The molecule has 0 spiro atoms. The van der Waals surface area contributed by atoms with Crippen molar-refractivity contribution >= 4 is 32.7 Å². The molecule has 0 saturated heterocycles. The van der Waals surface area contributed by atoms with Crippen molar-refractivity contribution in [3.8, 4) is 17.2 Å². The first-order valence-electron chi connectivity index (χ1n) is 6.19. The average Bonchev–Trinajstić information content (AvgIpc) is 2.47. The molecule has 0 amide bonds. The van der Waals surface area contributed by atoms with Gasteiger partial charge in [-0.1, -0.05) is 0 Å². The van der Waals surface area contributed by atoms with Crippen LogP contribution in [0.2, 0.25) is 0 Å². The highest BCUT2D eigenvalue weighted by Gasteiger charge is 2.08. The van der Waals surface area contributed by atoms with Crippen LogP contribution in [0.3, 0.4) is 0 Å². The number of fused-ring (bicyclic) bond motifs is 1. The van der Waals surface area contributed by atoms with Gasteiger partial charge in [0.15, 0.2) is 5.75 Å². The van der Waals surface area contributed by atoms with E-state index in [1.807, 2.05) is 6.07 Å². The summed E-state index contributed by atoms with van der Waals surface area (Å²) in [6.07, 6.45) is 3.39. The molecule has 0 fully saturated rings. The van der Waals surface area contributed by atoms with E-state index in [-0.39, 0.29) is 0 Å². The summed E-state index contributed by atoms with van der Waals surface area (Å²) >= 11 is 3.38. The number of halogens is 1. The lowest BCUT2D eigenvalue weighted by Crippen LogP contribution is -1.94. The molecule has 3 rings (SSSR count). The number of nitrogens with zero attached hydrogens (tertiary/aromatic N) is 2. The molecule has 0 saturated carbocycles. The van der Waals surface area contributed by atoms with Gasteiger partial charge in [-0.05, 0) is 34.1 Å². The average molecular weight is 346 g/mol. The van der Waals surface area contributed by atoms with E-state index in [1.165, 1.54) is 0 Å². The van der Waals surface area contributed by atoms with Crippen LogP contribution in [0.25, 0.3) is 11.0 Å². The number of ether oxygens (including phenoxy) is 2. The molecule has 2 N–H and O–H groups in total. The summed E-state index contributed by atoms with van der Waals surface area (Å²) in [4.78, 5) is 8.61. The van der Waals surface area contributed by atoms with E-state index < -0.39 is 0 Å². The predicted octanol–water partition coefficient (Wildman–Crippen LogP) is 3.78. The van der Waals surface area contributed by atoms with Crippen LogP contribution in [-0.4, -0.2) is 17.1 Å². The fourth-order valence-corrected chi connectivity index (χ4v) is 2.29. The molecule has 2 aromatic heterocycles. The Balaban J connectivity index is 2.00. The Kier molecular flexibility index (Phi) is 3.62. The van der Waals surface area contributed by atoms with E-state index in [0.29, 0.717) is 28.5 Å². The van der Waals surface area contributed by atoms with Gasteiger partial charge >= 0.3 is 0 Å². The number of aromatic nitrogens is 2. The lowest BCUT2D eigenvalue weighted by atomic mass is 10.2. The van der Waals surface area contributed by atoms with Crippen molar-refractivity contribution in [1.82, 2.24) is 9.97 Å². The zero-order valence-electron chi connectivity index (χ0n) is 11.2. The Hall–Kier alpha value is -2.34. The van der Waals surface area contributed by atoms with Crippen LogP contribution in [0.5, 0.6) is 17.2 Å². The normalized spacial score (nSPS) is 10.6. The van der Waals surface area contributed by atoms with E-state index in [0.717, 1.165) is 9.99 Å². The van der Waals surface area contributed by atoms with Gasteiger partial charge in [0.05, 0.1) is 18.3 Å². The summed E-state index contributed by atoms with van der Waals surface area (Å²) in [7, 11) is 1.57. The molecular weight excluding hydrogens is 334 g/mol. The third-order valence-corrected chi connectivity index (χ3v) is 3.37. The molecule has 1 aromatic carbocycles. The first-order chi connectivity index (χ1) is 10.2. The molecule has 0 radical (unpaired) electrons. The molecule has 6 heteroatoms. The highest BCUT2D eigenvalue weighted by Crippen LogP contribution is 2.32. The molecule has 0 aliphatic rings. The third kappa shape index (κ3) is 2.75. The van der Waals surface area contributed by atoms with Crippen LogP contribution in [0.1, 0.15) is 0 Å². The minimum atomic E-state index is 0.518. The lowest BCUT2D eigenvalue weighted by Gasteiger charge is -2.10. The van der Waals surface area contributed by atoms with Crippen molar-refractivity contribution in [3.05, 3.63) is 47.2 Å². The van der Waals surface area contributed by atoms with Crippen LogP contribution in [0.15, 0.2) is 47.2 Å². The SMILES string of the molecule is COc1ccc(Oc2ccnc3cc(Br)cnc23)cc1N. The molecule has 0 bridgehead atoms. The molecule has 0 aliphatic heterocycles. The monoisotopic (exact) mass is 345 g/mol. The van der Waals surface area contributed by atoms with Crippen LogP contribution < -0.4 is 15.2 Å². The Morgan fingerprint density at radius 2 is 1.95 bits per heavy atom. The van der Waals surface area contributed by atoms with Crippen LogP contribution in [0.4, 0.5) is 5.69 Å². The Morgan fingerprint density at radius 1 is 1.10 bits per heavy atom. The van der Waals surface area contributed by atoms with Gasteiger partial charge in [0.25, 0.3) is 0 Å². The Morgan fingerprint density at radius 3 is 2.71 bits per heavy atom. The lowest BCUT2D eigenvalue weighted by molar-refractivity contribution is 0.415. The van der Waals surface area contributed by atoms with Crippen LogP contribution >= 0.6 is 15.9 Å². The molecule has 21 heavy (non-hydrogen) atoms. The molecule has 5 nitrogen and oxygen atoms in total. The minimum absolute atomic E-state index is 0.518. The predicted molar refractivity (Wildman–Crippen MR) is 84.7 cm³/mol. The Bertz CT molecular complexity index is 808. The summed E-state index contributed by atoms with van der Waals surface area (Å²) < 4.78 is 11.9. The van der Waals surface area contributed by atoms with Gasteiger partial charge in [-0.15, -0.1) is 0 Å². The maximum atomic E-state index is 5.88. The van der Waals surface area contributed by atoms with Gasteiger partial charge < -0.3 is 15.2 Å². The second kappa shape index (κ2) is 5.57. The van der Waals surface area contributed by atoms with Gasteiger partial charge in [0, 0.05) is 29.0 Å². The smallest absolute Gasteiger partial charge is 0.156 e. The van der Waals surface area contributed by atoms with E-state index in [1.54, 1.807) is 43.8 Å². The van der Waals surface area contributed by atoms with Gasteiger partial charge in [0.2, 0.25) is 0 Å². The van der Waals surface area contributed by atoms with Crippen LogP contribution in [-0.2, 0) is 0 Å². The number of pyridine rings is 2.